The van der Waals surface area contributed by atoms with Crippen LogP contribution >= 0.6 is 24.8 Å². The summed E-state index contributed by atoms with van der Waals surface area (Å²) in [6.07, 6.45) is -1.77. The van der Waals surface area contributed by atoms with Crippen LogP contribution in [0.1, 0.15) is 28.9 Å². The Balaban J connectivity index is 0.00000242. The van der Waals surface area contributed by atoms with Crippen molar-refractivity contribution in [1.82, 2.24) is 15.2 Å². The number of alkyl halides is 3. The molecule has 1 atom stereocenters. The zero-order valence-corrected chi connectivity index (χ0v) is 14.2. The van der Waals surface area contributed by atoms with E-state index in [1.165, 1.54) is 0 Å². The summed E-state index contributed by atoms with van der Waals surface area (Å²) in [6.45, 7) is 2.06. The lowest BCUT2D eigenvalue weighted by Gasteiger charge is -2.32. The fraction of sp³-hybridized carbons (Fsp3) is 0.571. The highest BCUT2D eigenvalue weighted by molar-refractivity contribution is 5.92. The number of amides is 1. The van der Waals surface area contributed by atoms with E-state index in [0.29, 0.717) is 25.2 Å². The summed E-state index contributed by atoms with van der Waals surface area (Å²) in [7, 11) is 1.86. The number of likely N-dealkylation sites (tertiary alicyclic amines) is 1. The molecule has 9 heteroatoms. The van der Waals surface area contributed by atoms with Crippen molar-refractivity contribution in [3.63, 3.8) is 0 Å². The van der Waals surface area contributed by atoms with Crippen LogP contribution in [-0.2, 0) is 6.18 Å². The number of pyridine rings is 1. The maximum Gasteiger partial charge on any atom is 0.417 e. The molecule has 0 bridgehead atoms. The molecule has 1 aromatic heterocycles. The lowest BCUT2D eigenvalue weighted by Crippen LogP contribution is -2.42. The predicted molar refractivity (Wildman–Crippen MR) is 86.3 cm³/mol. The first-order chi connectivity index (χ1) is 9.91. The van der Waals surface area contributed by atoms with Gasteiger partial charge in [-0.25, -0.2) is 0 Å². The van der Waals surface area contributed by atoms with Gasteiger partial charge in [0, 0.05) is 19.3 Å². The minimum Gasteiger partial charge on any atom is -0.337 e. The Bertz CT molecular complexity index is 495. The summed E-state index contributed by atoms with van der Waals surface area (Å²) in [4.78, 5) is 17.6. The first kappa shape index (κ1) is 21.9. The first-order valence-electron chi connectivity index (χ1n) is 6.89. The zero-order chi connectivity index (χ0) is 15.5. The fourth-order valence-electron chi connectivity index (χ4n) is 2.55. The Labute approximate surface area is 145 Å². The standard InChI is InChI=1S/C14H18F3N3O.2ClH/c1-18-7-10-3-2-6-20(9-10)13(21)12-5-4-11(8-19-12)14(15,16)17;;/h4-5,8,10,18H,2-3,6-7,9H2,1H3;2*1H. The van der Waals surface area contributed by atoms with Gasteiger partial charge >= 0.3 is 6.18 Å². The molecule has 132 valence electrons. The number of nitrogens with zero attached hydrogens (tertiary/aromatic N) is 2. The van der Waals surface area contributed by atoms with E-state index in [2.05, 4.69) is 10.3 Å². The van der Waals surface area contributed by atoms with Gasteiger partial charge in [-0.3, -0.25) is 9.78 Å². The van der Waals surface area contributed by atoms with E-state index >= 15 is 0 Å². The number of piperidine rings is 1. The van der Waals surface area contributed by atoms with Crippen molar-refractivity contribution in [2.24, 2.45) is 5.92 Å². The maximum absolute atomic E-state index is 12.5. The second-order valence-electron chi connectivity index (χ2n) is 5.25. The Morgan fingerprint density at radius 2 is 2.09 bits per heavy atom. The van der Waals surface area contributed by atoms with E-state index in [9.17, 15) is 18.0 Å². The molecule has 1 aliphatic heterocycles. The normalized spacial score (nSPS) is 17.9. The Morgan fingerprint density at radius 1 is 1.39 bits per heavy atom. The number of nitrogens with one attached hydrogen (secondary N) is 1. The average molecular weight is 374 g/mol. The third-order valence-electron chi connectivity index (χ3n) is 3.61. The molecule has 23 heavy (non-hydrogen) atoms. The molecule has 4 nitrogen and oxygen atoms in total. The first-order valence-corrected chi connectivity index (χ1v) is 6.89. The number of hydrogen-bond acceptors (Lipinski definition) is 3. The van der Waals surface area contributed by atoms with Crippen molar-refractivity contribution < 1.29 is 18.0 Å². The van der Waals surface area contributed by atoms with Gasteiger partial charge in [-0.2, -0.15) is 13.2 Å². The van der Waals surface area contributed by atoms with Crippen molar-refractivity contribution in [3.8, 4) is 0 Å². The van der Waals surface area contributed by atoms with Gasteiger partial charge in [0.1, 0.15) is 5.69 Å². The molecular weight excluding hydrogens is 354 g/mol. The summed E-state index contributed by atoms with van der Waals surface area (Å²) in [6, 6.07) is 2.04. The van der Waals surface area contributed by atoms with Gasteiger partial charge < -0.3 is 10.2 Å². The van der Waals surface area contributed by atoms with Crippen LogP contribution in [0, 0.1) is 5.92 Å². The molecule has 0 aromatic carbocycles. The largest absolute Gasteiger partial charge is 0.417 e. The van der Waals surface area contributed by atoms with Gasteiger partial charge in [0.05, 0.1) is 5.56 Å². The summed E-state index contributed by atoms with van der Waals surface area (Å²) in [5.74, 6) is 0.0756. The SMILES string of the molecule is CNCC1CCCN(C(=O)c2ccc(C(F)(F)F)cn2)C1.Cl.Cl. The van der Waals surface area contributed by atoms with Crippen LogP contribution in [0.5, 0.6) is 0 Å². The smallest absolute Gasteiger partial charge is 0.337 e. The van der Waals surface area contributed by atoms with E-state index in [4.69, 9.17) is 0 Å². The Kier molecular flexibility index (Phi) is 8.87. The van der Waals surface area contributed by atoms with E-state index in [1.807, 2.05) is 7.05 Å². The van der Waals surface area contributed by atoms with E-state index < -0.39 is 11.7 Å². The van der Waals surface area contributed by atoms with Crippen LogP contribution in [0.3, 0.4) is 0 Å². The van der Waals surface area contributed by atoms with Crippen molar-refractivity contribution in [2.75, 3.05) is 26.7 Å². The molecule has 1 unspecified atom stereocenters. The maximum atomic E-state index is 12.5. The molecule has 0 aliphatic carbocycles. The second kappa shape index (κ2) is 9.30. The highest BCUT2D eigenvalue weighted by Gasteiger charge is 2.31. The third-order valence-corrected chi connectivity index (χ3v) is 3.61. The molecule has 2 rings (SSSR count). The number of carbonyl (C=O) groups excluding carboxylic acids is 1. The van der Waals surface area contributed by atoms with Crippen molar-refractivity contribution >= 4 is 30.7 Å². The topological polar surface area (TPSA) is 45.2 Å². The highest BCUT2D eigenvalue weighted by atomic mass is 35.5. The molecule has 1 fully saturated rings. The molecule has 1 saturated heterocycles. The molecule has 0 saturated carbocycles. The number of carbonyl (C=O) groups is 1. The van der Waals surface area contributed by atoms with E-state index in [-0.39, 0.29) is 36.4 Å². The summed E-state index contributed by atoms with van der Waals surface area (Å²) >= 11 is 0. The zero-order valence-electron chi connectivity index (χ0n) is 12.6. The van der Waals surface area contributed by atoms with E-state index in [1.54, 1.807) is 4.90 Å². The lowest BCUT2D eigenvalue weighted by atomic mass is 9.98. The van der Waals surface area contributed by atoms with Crippen LogP contribution in [0.25, 0.3) is 0 Å². The highest BCUT2D eigenvalue weighted by Crippen LogP contribution is 2.28. The van der Waals surface area contributed by atoms with Gasteiger partial charge in [0.15, 0.2) is 0 Å². The molecule has 0 radical (unpaired) electrons. The van der Waals surface area contributed by atoms with Gasteiger partial charge in [-0.15, -0.1) is 24.8 Å². The van der Waals surface area contributed by atoms with Crippen molar-refractivity contribution in [3.05, 3.63) is 29.6 Å². The number of aromatic nitrogens is 1. The summed E-state index contributed by atoms with van der Waals surface area (Å²) < 4.78 is 37.4. The fourth-order valence-corrected chi connectivity index (χ4v) is 2.55. The van der Waals surface area contributed by atoms with Crippen molar-refractivity contribution in [1.29, 1.82) is 0 Å². The average Bonchev–Trinajstić information content (AvgIpc) is 2.46. The monoisotopic (exact) mass is 373 g/mol. The number of hydrogen-bond donors (Lipinski definition) is 1. The molecule has 2 heterocycles. The van der Waals surface area contributed by atoms with Crippen LogP contribution in [0.15, 0.2) is 18.3 Å². The molecule has 1 N–H and O–H groups in total. The van der Waals surface area contributed by atoms with Crippen molar-refractivity contribution in [2.45, 2.75) is 19.0 Å². The van der Waals surface area contributed by atoms with E-state index in [0.717, 1.165) is 31.5 Å². The van der Waals surface area contributed by atoms with Gasteiger partial charge in [-0.05, 0) is 44.5 Å². The Hall–Kier alpha value is -1.05. The lowest BCUT2D eigenvalue weighted by molar-refractivity contribution is -0.137. The van der Waals surface area contributed by atoms with Gasteiger partial charge in [0.2, 0.25) is 0 Å². The molecule has 0 spiro atoms. The second-order valence-corrected chi connectivity index (χ2v) is 5.25. The predicted octanol–water partition coefficient (Wildman–Crippen LogP) is 3.02. The van der Waals surface area contributed by atoms with Crippen LogP contribution in [0.4, 0.5) is 13.2 Å². The molecule has 1 aromatic rings. The summed E-state index contributed by atoms with van der Waals surface area (Å²) in [5, 5.41) is 3.08. The summed E-state index contributed by atoms with van der Waals surface area (Å²) in [5.41, 5.74) is -0.779. The molecular formula is C14H20Cl2F3N3O. The minimum atomic E-state index is -4.43. The third kappa shape index (κ3) is 5.82. The molecule has 1 amide bonds. The minimum absolute atomic E-state index is 0. The van der Waals surface area contributed by atoms with Gasteiger partial charge in [-0.1, -0.05) is 0 Å². The molecule has 1 aliphatic rings. The van der Waals surface area contributed by atoms with Crippen LogP contribution < -0.4 is 5.32 Å². The van der Waals surface area contributed by atoms with Gasteiger partial charge in [0.25, 0.3) is 5.91 Å². The Morgan fingerprint density at radius 3 is 2.61 bits per heavy atom. The number of rotatable bonds is 3. The number of halogens is 5. The van der Waals surface area contributed by atoms with Crippen LogP contribution in [-0.4, -0.2) is 42.5 Å². The quantitative estimate of drug-likeness (QED) is 0.885. The van der Waals surface area contributed by atoms with Crippen LogP contribution in [0.2, 0.25) is 0 Å².